The number of nitrogens with two attached hydrogens (primary N) is 1. The minimum Gasteiger partial charge on any atom is -0.294 e. The number of nitrogens with one attached hydrogen (secondary N) is 1. The molecule has 2 rings (SSSR count). The third-order valence-corrected chi connectivity index (χ3v) is 4.57. The SMILES string of the molecule is Cc1ccc(SCc2ccccc2CC(=O)NN)c(C)c1. The molecule has 110 valence electrons. The molecule has 0 saturated carbocycles. The largest absolute Gasteiger partial charge is 0.294 e. The van der Waals surface area contributed by atoms with Crippen molar-refractivity contribution in [2.75, 3.05) is 0 Å². The second-order valence-electron chi connectivity index (χ2n) is 5.07. The molecule has 0 aromatic heterocycles. The van der Waals surface area contributed by atoms with Crippen LogP contribution in [0.25, 0.3) is 0 Å². The van der Waals surface area contributed by atoms with Crippen molar-refractivity contribution in [3.63, 3.8) is 0 Å². The van der Waals surface area contributed by atoms with E-state index in [1.807, 2.05) is 18.2 Å². The molecule has 0 radical (unpaired) electrons. The summed E-state index contributed by atoms with van der Waals surface area (Å²) >= 11 is 1.79. The molecule has 4 heteroatoms. The second kappa shape index (κ2) is 7.29. The highest BCUT2D eigenvalue weighted by molar-refractivity contribution is 7.98. The maximum Gasteiger partial charge on any atom is 0.238 e. The van der Waals surface area contributed by atoms with Gasteiger partial charge in [-0.05, 0) is 36.6 Å². The van der Waals surface area contributed by atoms with Crippen LogP contribution in [0.15, 0.2) is 47.4 Å². The molecule has 0 fully saturated rings. The number of hydrazine groups is 1. The Hall–Kier alpha value is -1.78. The fourth-order valence-electron chi connectivity index (χ4n) is 2.21. The molecule has 1 amide bonds. The van der Waals surface area contributed by atoms with E-state index in [0.717, 1.165) is 11.3 Å². The van der Waals surface area contributed by atoms with Gasteiger partial charge < -0.3 is 0 Å². The van der Waals surface area contributed by atoms with E-state index in [9.17, 15) is 4.79 Å². The van der Waals surface area contributed by atoms with Gasteiger partial charge >= 0.3 is 0 Å². The molecule has 3 N–H and O–H groups in total. The van der Waals surface area contributed by atoms with E-state index in [-0.39, 0.29) is 5.91 Å². The molecule has 3 nitrogen and oxygen atoms in total. The molecular formula is C17H20N2OS. The molecule has 2 aromatic rings. The van der Waals surface area contributed by atoms with Crippen LogP contribution in [0.3, 0.4) is 0 Å². The first-order valence-electron chi connectivity index (χ1n) is 6.86. The van der Waals surface area contributed by atoms with Crippen molar-refractivity contribution in [1.82, 2.24) is 5.43 Å². The number of aryl methyl sites for hydroxylation is 2. The average Bonchev–Trinajstić information content (AvgIpc) is 2.47. The van der Waals surface area contributed by atoms with Crippen LogP contribution in [0.1, 0.15) is 22.3 Å². The Labute approximate surface area is 129 Å². The number of amides is 1. The highest BCUT2D eigenvalue weighted by Gasteiger charge is 2.08. The molecule has 0 aliphatic rings. The highest BCUT2D eigenvalue weighted by atomic mass is 32.2. The van der Waals surface area contributed by atoms with Gasteiger partial charge in [-0.3, -0.25) is 10.2 Å². The van der Waals surface area contributed by atoms with Crippen molar-refractivity contribution in [2.45, 2.75) is 30.9 Å². The Balaban J connectivity index is 2.11. The summed E-state index contributed by atoms with van der Waals surface area (Å²) in [5.74, 6) is 5.84. The predicted molar refractivity (Wildman–Crippen MR) is 88.0 cm³/mol. The minimum absolute atomic E-state index is 0.168. The fraction of sp³-hybridized carbons (Fsp3) is 0.235. The van der Waals surface area contributed by atoms with Crippen molar-refractivity contribution in [2.24, 2.45) is 5.84 Å². The Morgan fingerprint density at radius 1 is 1.14 bits per heavy atom. The summed E-state index contributed by atoms with van der Waals surface area (Å²) in [6.45, 7) is 4.23. The van der Waals surface area contributed by atoms with E-state index in [0.29, 0.717) is 6.42 Å². The van der Waals surface area contributed by atoms with Crippen molar-refractivity contribution >= 4 is 17.7 Å². The third kappa shape index (κ3) is 4.34. The van der Waals surface area contributed by atoms with Crippen LogP contribution in [0.5, 0.6) is 0 Å². The van der Waals surface area contributed by atoms with Gasteiger partial charge in [-0.15, -0.1) is 11.8 Å². The Bertz CT molecular complexity index is 640. The van der Waals surface area contributed by atoms with Crippen LogP contribution in [-0.2, 0) is 17.0 Å². The lowest BCUT2D eigenvalue weighted by atomic mass is 10.1. The molecule has 0 aliphatic heterocycles. The first kappa shape index (κ1) is 15.6. The van der Waals surface area contributed by atoms with Crippen molar-refractivity contribution in [3.8, 4) is 0 Å². The van der Waals surface area contributed by atoms with Crippen LogP contribution in [-0.4, -0.2) is 5.91 Å². The van der Waals surface area contributed by atoms with Crippen LogP contribution in [0.4, 0.5) is 0 Å². The highest BCUT2D eigenvalue weighted by Crippen LogP contribution is 2.28. The summed E-state index contributed by atoms with van der Waals surface area (Å²) in [5, 5.41) is 0. The molecule has 0 bridgehead atoms. The smallest absolute Gasteiger partial charge is 0.238 e. The van der Waals surface area contributed by atoms with E-state index in [2.05, 4.69) is 43.5 Å². The zero-order chi connectivity index (χ0) is 15.2. The predicted octanol–water partition coefficient (Wildman–Crippen LogP) is 3.13. The molecule has 0 atom stereocenters. The van der Waals surface area contributed by atoms with Crippen LogP contribution < -0.4 is 11.3 Å². The maximum atomic E-state index is 11.5. The second-order valence-corrected chi connectivity index (χ2v) is 6.09. The van der Waals surface area contributed by atoms with Crippen LogP contribution in [0, 0.1) is 13.8 Å². The quantitative estimate of drug-likeness (QED) is 0.386. The molecule has 0 aliphatic carbocycles. The first-order chi connectivity index (χ1) is 10.1. The summed E-state index contributed by atoms with van der Waals surface area (Å²) < 4.78 is 0. The maximum absolute atomic E-state index is 11.5. The van der Waals surface area contributed by atoms with E-state index in [4.69, 9.17) is 5.84 Å². The number of carbonyl (C=O) groups excluding carboxylic acids is 1. The van der Waals surface area contributed by atoms with E-state index >= 15 is 0 Å². The number of hydrogen-bond acceptors (Lipinski definition) is 3. The lowest BCUT2D eigenvalue weighted by Crippen LogP contribution is -2.31. The van der Waals surface area contributed by atoms with Crippen LogP contribution in [0.2, 0.25) is 0 Å². The average molecular weight is 300 g/mol. The normalized spacial score (nSPS) is 10.4. The van der Waals surface area contributed by atoms with Gasteiger partial charge in [0.1, 0.15) is 0 Å². The number of hydrogen-bond donors (Lipinski definition) is 2. The summed E-state index contributed by atoms with van der Waals surface area (Å²) in [6.07, 6.45) is 0.320. The van der Waals surface area contributed by atoms with Crippen molar-refractivity contribution < 1.29 is 4.79 Å². The molecule has 0 unspecified atom stereocenters. The van der Waals surface area contributed by atoms with Gasteiger partial charge in [-0.2, -0.15) is 0 Å². The Morgan fingerprint density at radius 3 is 2.52 bits per heavy atom. The zero-order valence-electron chi connectivity index (χ0n) is 12.3. The van der Waals surface area contributed by atoms with Gasteiger partial charge in [-0.25, -0.2) is 5.84 Å². The minimum atomic E-state index is -0.168. The Morgan fingerprint density at radius 2 is 1.86 bits per heavy atom. The molecule has 0 saturated heterocycles. The monoisotopic (exact) mass is 300 g/mol. The molecule has 2 aromatic carbocycles. The third-order valence-electron chi connectivity index (χ3n) is 3.34. The summed E-state index contributed by atoms with van der Waals surface area (Å²) in [7, 11) is 0. The zero-order valence-corrected chi connectivity index (χ0v) is 13.2. The van der Waals surface area contributed by atoms with Crippen molar-refractivity contribution in [3.05, 3.63) is 64.7 Å². The lowest BCUT2D eigenvalue weighted by molar-refractivity contribution is -0.120. The number of carbonyl (C=O) groups is 1. The number of thioether (sulfide) groups is 1. The van der Waals surface area contributed by atoms with Gasteiger partial charge in [0.25, 0.3) is 0 Å². The summed E-state index contributed by atoms with van der Waals surface area (Å²) in [4.78, 5) is 12.7. The lowest BCUT2D eigenvalue weighted by Gasteiger charge is -2.10. The van der Waals surface area contributed by atoms with E-state index < -0.39 is 0 Å². The summed E-state index contributed by atoms with van der Waals surface area (Å²) in [5.41, 5.74) is 6.95. The fourth-order valence-corrected chi connectivity index (χ4v) is 3.26. The van der Waals surface area contributed by atoms with E-state index in [1.54, 1.807) is 11.8 Å². The molecule has 21 heavy (non-hydrogen) atoms. The molecule has 0 spiro atoms. The van der Waals surface area contributed by atoms with Crippen LogP contribution >= 0.6 is 11.8 Å². The summed E-state index contributed by atoms with van der Waals surface area (Å²) in [6, 6.07) is 14.5. The van der Waals surface area contributed by atoms with E-state index in [1.165, 1.54) is 21.6 Å². The van der Waals surface area contributed by atoms with Gasteiger partial charge in [0.2, 0.25) is 5.91 Å². The van der Waals surface area contributed by atoms with Gasteiger partial charge in [0.05, 0.1) is 6.42 Å². The first-order valence-corrected chi connectivity index (χ1v) is 7.85. The standard InChI is InChI=1S/C17H20N2OS/c1-12-7-8-16(13(2)9-12)21-11-15-6-4-3-5-14(15)10-17(20)19-18/h3-9H,10-11,18H2,1-2H3,(H,19,20). The number of rotatable bonds is 5. The van der Waals surface area contributed by atoms with Gasteiger partial charge in [-0.1, -0.05) is 42.0 Å². The van der Waals surface area contributed by atoms with Gasteiger partial charge in [0.15, 0.2) is 0 Å². The van der Waals surface area contributed by atoms with Crippen molar-refractivity contribution in [1.29, 1.82) is 0 Å². The molecular weight excluding hydrogens is 280 g/mol. The number of benzene rings is 2. The topological polar surface area (TPSA) is 55.1 Å². The van der Waals surface area contributed by atoms with Gasteiger partial charge in [0, 0.05) is 10.6 Å². The Kier molecular flexibility index (Phi) is 5.42. The molecule has 0 heterocycles.